The molecule has 0 aliphatic rings. The molecule has 0 saturated heterocycles. The molecule has 3 heteroatoms. The molecule has 0 radical (unpaired) electrons. The predicted molar refractivity (Wildman–Crippen MR) is 82.8 cm³/mol. The molecule has 0 amide bonds. The second kappa shape index (κ2) is 5.29. The Kier molecular flexibility index (Phi) is 3.33. The molecule has 0 aliphatic carbocycles. The van der Waals surface area contributed by atoms with Gasteiger partial charge in [-0.25, -0.2) is 4.98 Å². The molecule has 0 spiro atoms. The molecule has 0 unspecified atom stereocenters. The summed E-state index contributed by atoms with van der Waals surface area (Å²) < 4.78 is 0. The average Bonchev–Trinajstić information content (AvgIpc) is 2.48. The first-order valence-corrected chi connectivity index (χ1v) is 6.74. The third-order valence-electron chi connectivity index (χ3n) is 3.35. The van der Waals surface area contributed by atoms with E-state index in [-0.39, 0.29) is 0 Å². The zero-order valence-corrected chi connectivity index (χ0v) is 11.7. The Morgan fingerprint density at radius 2 is 1.80 bits per heavy atom. The van der Waals surface area contributed by atoms with Crippen molar-refractivity contribution in [2.75, 3.05) is 5.32 Å². The van der Waals surface area contributed by atoms with Crippen molar-refractivity contribution in [1.82, 2.24) is 9.97 Å². The Balaban J connectivity index is 1.81. The van der Waals surface area contributed by atoms with Gasteiger partial charge in [-0.3, -0.25) is 4.98 Å². The summed E-state index contributed by atoms with van der Waals surface area (Å²) in [5.41, 5.74) is 6.47. The minimum absolute atomic E-state index is 0.683. The maximum Gasteiger partial charge on any atom is 0.0890 e. The summed E-state index contributed by atoms with van der Waals surface area (Å²) in [6, 6.07) is 14.3. The van der Waals surface area contributed by atoms with Gasteiger partial charge in [0.1, 0.15) is 0 Å². The lowest BCUT2D eigenvalue weighted by Crippen LogP contribution is -2.04. The second-order valence-electron chi connectivity index (χ2n) is 5.02. The number of hydrogen-bond acceptors (Lipinski definition) is 3. The largest absolute Gasteiger partial charge is 0.379 e. The summed E-state index contributed by atoms with van der Waals surface area (Å²) in [6.07, 6.45) is 1.83. The Morgan fingerprint density at radius 1 is 1.00 bits per heavy atom. The molecule has 0 atom stereocenters. The standard InChI is InChI=1S/C17H17N3/c1-12-7-8-13(2)17(9-12)19-11-14-10-18-15-5-3-4-6-16(15)20-14/h3-10,19H,11H2,1-2H3. The van der Waals surface area contributed by atoms with E-state index in [1.165, 1.54) is 11.1 Å². The lowest BCUT2D eigenvalue weighted by molar-refractivity contribution is 1.04. The normalized spacial score (nSPS) is 10.7. The highest BCUT2D eigenvalue weighted by molar-refractivity contribution is 5.73. The van der Waals surface area contributed by atoms with Gasteiger partial charge in [0.25, 0.3) is 0 Å². The van der Waals surface area contributed by atoms with E-state index in [1.54, 1.807) is 0 Å². The predicted octanol–water partition coefficient (Wildman–Crippen LogP) is 3.86. The van der Waals surface area contributed by atoms with Crippen LogP contribution in [-0.2, 0) is 6.54 Å². The van der Waals surface area contributed by atoms with Crippen LogP contribution in [0.3, 0.4) is 0 Å². The minimum atomic E-state index is 0.683. The molecule has 1 heterocycles. The lowest BCUT2D eigenvalue weighted by Gasteiger charge is -2.10. The first-order chi connectivity index (χ1) is 9.72. The number of anilines is 1. The number of nitrogens with zero attached hydrogens (tertiary/aromatic N) is 2. The lowest BCUT2D eigenvalue weighted by atomic mass is 10.1. The van der Waals surface area contributed by atoms with Gasteiger partial charge in [-0.2, -0.15) is 0 Å². The van der Waals surface area contributed by atoms with E-state index in [2.05, 4.69) is 47.3 Å². The zero-order chi connectivity index (χ0) is 13.9. The molecule has 2 aromatic carbocycles. The smallest absolute Gasteiger partial charge is 0.0890 e. The monoisotopic (exact) mass is 263 g/mol. The van der Waals surface area contributed by atoms with Crippen molar-refractivity contribution in [2.45, 2.75) is 20.4 Å². The van der Waals surface area contributed by atoms with Crippen LogP contribution in [0.5, 0.6) is 0 Å². The molecular weight excluding hydrogens is 246 g/mol. The van der Waals surface area contributed by atoms with Gasteiger partial charge in [0.2, 0.25) is 0 Å². The number of para-hydroxylation sites is 2. The number of benzene rings is 2. The second-order valence-corrected chi connectivity index (χ2v) is 5.02. The topological polar surface area (TPSA) is 37.8 Å². The SMILES string of the molecule is Cc1ccc(C)c(NCc2cnc3ccccc3n2)c1. The average molecular weight is 263 g/mol. The molecule has 3 rings (SSSR count). The van der Waals surface area contributed by atoms with Crippen LogP contribution >= 0.6 is 0 Å². The van der Waals surface area contributed by atoms with Crippen molar-refractivity contribution in [3.8, 4) is 0 Å². The highest BCUT2D eigenvalue weighted by Crippen LogP contribution is 2.17. The molecular formula is C17H17N3. The summed E-state index contributed by atoms with van der Waals surface area (Å²) >= 11 is 0. The molecule has 1 aromatic heterocycles. The molecule has 0 fully saturated rings. The number of aryl methyl sites for hydroxylation is 2. The summed E-state index contributed by atoms with van der Waals surface area (Å²) in [7, 11) is 0. The van der Waals surface area contributed by atoms with Crippen LogP contribution in [0.25, 0.3) is 11.0 Å². The van der Waals surface area contributed by atoms with Crippen molar-refractivity contribution in [2.24, 2.45) is 0 Å². The first-order valence-electron chi connectivity index (χ1n) is 6.74. The van der Waals surface area contributed by atoms with Crippen LogP contribution in [-0.4, -0.2) is 9.97 Å². The first kappa shape index (κ1) is 12.6. The van der Waals surface area contributed by atoms with Gasteiger partial charge in [0.05, 0.1) is 29.5 Å². The van der Waals surface area contributed by atoms with Gasteiger partial charge in [-0.05, 0) is 43.2 Å². The number of aromatic nitrogens is 2. The summed E-state index contributed by atoms with van der Waals surface area (Å²) in [4.78, 5) is 9.05. The fraction of sp³-hybridized carbons (Fsp3) is 0.176. The van der Waals surface area contributed by atoms with Crippen LogP contribution in [0.4, 0.5) is 5.69 Å². The van der Waals surface area contributed by atoms with E-state index >= 15 is 0 Å². The Hall–Kier alpha value is -2.42. The van der Waals surface area contributed by atoms with Gasteiger partial charge >= 0.3 is 0 Å². The maximum atomic E-state index is 4.62. The van der Waals surface area contributed by atoms with Gasteiger partial charge in [-0.15, -0.1) is 0 Å². The highest BCUT2D eigenvalue weighted by Gasteiger charge is 2.01. The van der Waals surface area contributed by atoms with Crippen LogP contribution in [0.15, 0.2) is 48.7 Å². The number of hydrogen-bond donors (Lipinski definition) is 1. The molecule has 0 saturated carbocycles. The summed E-state index contributed by atoms with van der Waals surface area (Å²) in [5, 5.41) is 3.43. The summed E-state index contributed by atoms with van der Waals surface area (Å²) in [5.74, 6) is 0. The van der Waals surface area contributed by atoms with Crippen LogP contribution < -0.4 is 5.32 Å². The van der Waals surface area contributed by atoms with Gasteiger partial charge < -0.3 is 5.32 Å². The van der Waals surface area contributed by atoms with E-state index in [1.807, 2.05) is 30.5 Å². The molecule has 0 bridgehead atoms. The van der Waals surface area contributed by atoms with Crippen LogP contribution in [0, 0.1) is 13.8 Å². The third-order valence-corrected chi connectivity index (χ3v) is 3.35. The van der Waals surface area contributed by atoms with E-state index in [0.717, 1.165) is 22.4 Å². The number of fused-ring (bicyclic) bond motifs is 1. The van der Waals surface area contributed by atoms with E-state index in [9.17, 15) is 0 Å². The summed E-state index contributed by atoms with van der Waals surface area (Å²) in [6.45, 7) is 4.89. The fourth-order valence-electron chi connectivity index (χ4n) is 2.19. The quantitative estimate of drug-likeness (QED) is 0.779. The van der Waals surface area contributed by atoms with E-state index in [0.29, 0.717) is 6.54 Å². The Morgan fingerprint density at radius 3 is 2.65 bits per heavy atom. The highest BCUT2D eigenvalue weighted by atomic mass is 14.9. The van der Waals surface area contributed by atoms with Gasteiger partial charge in [0, 0.05) is 5.69 Å². The van der Waals surface area contributed by atoms with E-state index < -0.39 is 0 Å². The van der Waals surface area contributed by atoms with Crippen molar-refractivity contribution in [1.29, 1.82) is 0 Å². The Bertz CT molecular complexity index is 750. The maximum absolute atomic E-state index is 4.62. The molecule has 100 valence electrons. The van der Waals surface area contributed by atoms with Crippen molar-refractivity contribution in [3.63, 3.8) is 0 Å². The number of rotatable bonds is 3. The van der Waals surface area contributed by atoms with Crippen LogP contribution in [0.2, 0.25) is 0 Å². The molecule has 3 aromatic rings. The van der Waals surface area contributed by atoms with Crippen molar-refractivity contribution in [3.05, 3.63) is 65.5 Å². The van der Waals surface area contributed by atoms with Crippen molar-refractivity contribution < 1.29 is 0 Å². The van der Waals surface area contributed by atoms with Gasteiger partial charge in [0.15, 0.2) is 0 Å². The third kappa shape index (κ3) is 2.62. The van der Waals surface area contributed by atoms with Gasteiger partial charge in [-0.1, -0.05) is 24.3 Å². The number of nitrogens with one attached hydrogen (secondary N) is 1. The fourth-order valence-corrected chi connectivity index (χ4v) is 2.19. The minimum Gasteiger partial charge on any atom is -0.379 e. The molecule has 20 heavy (non-hydrogen) atoms. The zero-order valence-electron chi connectivity index (χ0n) is 11.7. The van der Waals surface area contributed by atoms with Crippen LogP contribution in [0.1, 0.15) is 16.8 Å². The Labute approximate surface area is 118 Å². The molecule has 1 N–H and O–H groups in total. The van der Waals surface area contributed by atoms with E-state index in [4.69, 9.17) is 0 Å². The van der Waals surface area contributed by atoms with Crippen molar-refractivity contribution >= 4 is 16.7 Å². The molecule has 3 nitrogen and oxygen atoms in total. The molecule has 0 aliphatic heterocycles.